The molecule has 0 bridgehead atoms. The molecule has 0 saturated carbocycles. The average Bonchev–Trinajstić information content (AvgIpc) is 2.17. The summed E-state index contributed by atoms with van der Waals surface area (Å²) >= 11 is 0. The Morgan fingerprint density at radius 2 is 2.13 bits per heavy atom. The van der Waals surface area contributed by atoms with Crippen LogP contribution in [-0.2, 0) is 0 Å². The number of carbonyl (C=O) groups is 1. The number of halogens is 3. The molecule has 1 aromatic rings. The van der Waals surface area contributed by atoms with Gasteiger partial charge in [-0.2, -0.15) is 14.0 Å². The minimum Gasteiger partial charge on any atom is -0.434 e. The van der Waals surface area contributed by atoms with E-state index >= 15 is 0 Å². The zero-order chi connectivity index (χ0) is 11.4. The predicted octanol–water partition coefficient (Wildman–Crippen LogP) is 2.11. The highest BCUT2D eigenvalue weighted by atomic mass is 19.3. The Kier molecular flexibility index (Phi) is 3.29. The van der Waals surface area contributed by atoms with E-state index in [2.05, 4.69) is 4.74 Å². The molecule has 6 heteroatoms. The second-order valence-corrected chi connectivity index (χ2v) is 2.48. The summed E-state index contributed by atoms with van der Waals surface area (Å²) in [5.74, 6) is -1.60. The summed E-state index contributed by atoms with van der Waals surface area (Å²) in [6.07, 6.45) is 0.206. The number of hydrogen-bond acceptors (Lipinski definition) is 3. The zero-order valence-electron chi connectivity index (χ0n) is 7.21. The van der Waals surface area contributed by atoms with E-state index in [9.17, 15) is 18.0 Å². The summed E-state index contributed by atoms with van der Waals surface area (Å²) in [4.78, 5) is 10.4. The molecule has 0 amide bonds. The molecule has 0 spiro atoms. The van der Waals surface area contributed by atoms with Crippen LogP contribution in [0.4, 0.5) is 13.2 Å². The third kappa shape index (κ3) is 2.47. The highest BCUT2D eigenvalue weighted by molar-refractivity contribution is 5.80. The van der Waals surface area contributed by atoms with Crippen LogP contribution in [-0.4, -0.2) is 12.9 Å². The molecule has 1 rings (SSSR count). The van der Waals surface area contributed by atoms with Gasteiger partial charge in [0, 0.05) is 6.07 Å². The van der Waals surface area contributed by atoms with Crippen molar-refractivity contribution in [1.82, 2.24) is 0 Å². The minimum absolute atomic E-state index is 0.206. The van der Waals surface area contributed by atoms with Gasteiger partial charge in [-0.05, 0) is 6.07 Å². The second kappa shape index (κ2) is 4.46. The van der Waals surface area contributed by atoms with Gasteiger partial charge in [-0.15, -0.1) is 0 Å². The zero-order valence-corrected chi connectivity index (χ0v) is 7.21. The van der Waals surface area contributed by atoms with Crippen LogP contribution in [0.15, 0.2) is 12.1 Å². The first-order chi connectivity index (χ1) is 7.08. The smallest absolute Gasteiger partial charge is 0.387 e. The number of rotatable bonds is 3. The SMILES string of the molecule is N#Cc1cc(C=O)c(OC(F)F)cc1F. The van der Waals surface area contributed by atoms with E-state index in [0.29, 0.717) is 6.07 Å². The maximum atomic E-state index is 13.0. The summed E-state index contributed by atoms with van der Waals surface area (Å²) in [5, 5.41) is 8.42. The molecule has 0 unspecified atom stereocenters. The van der Waals surface area contributed by atoms with E-state index in [4.69, 9.17) is 5.26 Å². The van der Waals surface area contributed by atoms with Crippen LogP contribution in [0.25, 0.3) is 0 Å². The largest absolute Gasteiger partial charge is 0.434 e. The number of ether oxygens (including phenoxy) is 1. The van der Waals surface area contributed by atoms with Crippen LogP contribution in [0, 0.1) is 17.1 Å². The van der Waals surface area contributed by atoms with E-state index in [1.807, 2.05) is 0 Å². The standard InChI is InChI=1S/C9H4F3NO2/c10-7-2-8(15-9(11)12)6(4-14)1-5(7)3-13/h1-2,4,9H. The number of alkyl halides is 2. The molecule has 0 aliphatic rings. The molecule has 0 aromatic heterocycles. The number of nitriles is 1. The van der Waals surface area contributed by atoms with E-state index < -0.39 is 23.7 Å². The van der Waals surface area contributed by atoms with Crippen molar-refractivity contribution in [3.05, 3.63) is 29.1 Å². The lowest BCUT2D eigenvalue weighted by atomic mass is 10.1. The Hall–Kier alpha value is -2.03. The monoisotopic (exact) mass is 215 g/mol. The van der Waals surface area contributed by atoms with Gasteiger partial charge in [0.05, 0.1) is 11.1 Å². The summed E-state index contributed by atoms with van der Waals surface area (Å²) in [7, 11) is 0. The summed E-state index contributed by atoms with van der Waals surface area (Å²) in [6, 6.07) is 2.90. The molecule has 0 radical (unpaired) electrons. The first-order valence-corrected chi connectivity index (χ1v) is 3.72. The van der Waals surface area contributed by atoms with Crippen LogP contribution in [0.3, 0.4) is 0 Å². The first-order valence-electron chi connectivity index (χ1n) is 3.72. The summed E-state index contributed by atoms with van der Waals surface area (Å²) in [5.41, 5.74) is -0.702. The quantitative estimate of drug-likeness (QED) is 0.725. The summed E-state index contributed by atoms with van der Waals surface area (Å²) < 4.78 is 40.5. The molecular weight excluding hydrogens is 211 g/mol. The Balaban J connectivity index is 3.22. The first kappa shape index (κ1) is 11.0. The molecule has 0 heterocycles. The van der Waals surface area contributed by atoms with Gasteiger partial charge in [0.2, 0.25) is 0 Å². The fourth-order valence-corrected chi connectivity index (χ4v) is 0.948. The number of carbonyl (C=O) groups excluding carboxylic acids is 1. The molecule has 0 saturated heterocycles. The van der Waals surface area contributed by atoms with Gasteiger partial charge >= 0.3 is 6.61 Å². The van der Waals surface area contributed by atoms with Gasteiger partial charge in [0.25, 0.3) is 0 Å². The topological polar surface area (TPSA) is 50.1 Å². The van der Waals surface area contributed by atoms with Gasteiger partial charge in [0.15, 0.2) is 6.29 Å². The summed E-state index contributed by atoms with van der Waals surface area (Å²) in [6.45, 7) is -3.16. The van der Waals surface area contributed by atoms with Crippen molar-refractivity contribution in [3.8, 4) is 11.8 Å². The molecule has 0 fully saturated rings. The molecule has 0 atom stereocenters. The molecule has 0 N–H and O–H groups in total. The van der Waals surface area contributed by atoms with Crippen molar-refractivity contribution in [2.45, 2.75) is 6.61 Å². The van der Waals surface area contributed by atoms with Crippen molar-refractivity contribution in [2.75, 3.05) is 0 Å². The van der Waals surface area contributed by atoms with E-state index in [1.165, 1.54) is 6.07 Å². The average molecular weight is 215 g/mol. The van der Waals surface area contributed by atoms with Crippen molar-refractivity contribution in [1.29, 1.82) is 5.26 Å². The molecule has 3 nitrogen and oxygen atoms in total. The lowest BCUT2D eigenvalue weighted by molar-refractivity contribution is -0.0502. The van der Waals surface area contributed by atoms with Gasteiger partial charge in [-0.1, -0.05) is 0 Å². The maximum Gasteiger partial charge on any atom is 0.387 e. The van der Waals surface area contributed by atoms with E-state index in [1.54, 1.807) is 0 Å². The van der Waals surface area contributed by atoms with E-state index in [-0.39, 0.29) is 11.8 Å². The molecule has 1 aromatic carbocycles. The molecule has 0 aliphatic carbocycles. The third-order valence-electron chi connectivity index (χ3n) is 1.56. The second-order valence-electron chi connectivity index (χ2n) is 2.48. The van der Waals surface area contributed by atoms with Crippen LogP contribution in [0.2, 0.25) is 0 Å². The maximum absolute atomic E-state index is 13.0. The van der Waals surface area contributed by atoms with E-state index in [0.717, 1.165) is 6.07 Å². The lowest BCUT2D eigenvalue weighted by Gasteiger charge is -2.07. The van der Waals surface area contributed by atoms with Crippen molar-refractivity contribution >= 4 is 6.29 Å². The number of hydrogen-bond donors (Lipinski definition) is 0. The lowest BCUT2D eigenvalue weighted by Crippen LogP contribution is -2.05. The Morgan fingerprint density at radius 3 is 2.60 bits per heavy atom. The van der Waals surface area contributed by atoms with Gasteiger partial charge in [-0.3, -0.25) is 4.79 Å². The van der Waals surface area contributed by atoms with Crippen molar-refractivity contribution in [3.63, 3.8) is 0 Å². The minimum atomic E-state index is -3.16. The fourth-order valence-electron chi connectivity index (χ4n) is 0.948. The Bertz CT molecular complexity index is 426. The fraction of sp³-hybridized carbons (Fsp3) is 0.111. The predicted molar refractivity (Wildman–Crippen MR) is 43.1 cm³/mol. The van der Waals surface area contributed by atoms with Crippen LogP contribution >= 0.6 is 0 Å². The van der Waals surface area contributed by atoms with Crippen molar-refractivity contribution in [2.24, 2.45) is 0 Å². The number of benzene rings is 1. The number of aldehydes is 1. The molecular formula is C9H4F3NO2. The number of nitrogens with zero attached hydrogens (tertiary/aromatic N) is 1. The van der Waals surface area contributed by atoms with Gasteiger partial charge in [-0.25, -0.2) is 4.39 Å². The molecule has 15 heavy (non-hydrogen) atoms. The molecule has 0 aliphatic heterocycles. The van der Waals surface area contributed by atoms with Crippen LogP contribution in [0.5, 0.6) is 5.75 Å². The van der Waals surface area contributed by atoms with Crippen LogP contribution < -0.4 is 4.74 Å². The van der Waals surface area contributed by atoms with Crippen LogP contribution in [0.1, 0.15) is 15.9 Å². The molecule has 78 valence electrons. The highest BCUT2D eigenvalue weighted by Gasteiger charge is 2.13. The third-order valence-corrected chi connectivity index (χ3v) is 1.56. The highest BCUT2D eigenvalue weighted by Crippen LogP contribution is 2.23. The Morgan fingerprint density at radius 1 is 1.47 bits per heavy atom. The Labute approximate surface area is 82.7 Å². The van der Waals surface area contributed by atoms with Gasteiger partial charge < -0.3 is 4.74 Å². The van der Waals surface area contributed by atoms with Gasteiger partial charge in [0.1, 0.15) is 17.6 Å². The van der Waals surface area contributed by atoms with Crippen molar-refractivity contribution < 1.29 is 22.7 Å². The normalized spacial score (nSPS) is 9.80.